The molecule has 7 heteroatoms. The Labute approximate surface area is 224 Å². The molecule has 2 N–H and O–H groups in total. The van der Waals surface area contributed by atoms with Gasteiger partial charge in [-0.05, 0) is 79.8 Å². The summed E-state index contributed by atoms with van der Waals surface area (Å²) in [5.41, 5.74) is 5.86. The highest BCUT2D eigenvalue weighted by Crippen LogP contribution is 2.25. The van der Waals surface area contributed by atoms with E-state index in [2.05, 4.69) is 53.9 Å². The molecule has 0 bridgehead atoms. The summed E-state index contributed by atoms with van der Waals surface area (Å²) in [6, 6.07) is 12.1. The van der Waals surface area contributed by atoms with Gasteiger partial charge in [0, 0.05) is 30.3 Å². The molecule has 1 aliphatic carbocycles. The highest BCUT2D eigenvalue weighted by Gasteiger charge is 2.26. The lowest BCUT2D eigenvalue weighted by Gasteiger charge is -2.09. The maximum atomic E-state index is 12.6. The Morgan fingerprint density at radius 1 is 1.05 bits per heavy atom. The van der Waals surface area contributed by atoms with E-state index in [1.54, 1.807) is 6.92 Å². The van der Waals surface area contributed by atoms with Gasteiger partial charge in [0.25, 0.3) is 5.91 Å². The topological polar surface area (TPSA) is 62.7 Å². The normalized spacial score (nSPS) is 15.7. The zero-order valence-electron chi connectivity index (χ0n) is 22.4. The number of fused-ring (bicyclic) bond motifs is 1. The number of oxime groups is 1. The Morgan fingerprint density at radius 3 is 2.53 bits per heavy atom. The van der Waals surface area contributed by atoms with Gasteiger partial charge in [-0.1, -0.05) is 55.8 Å². The van der Waals surface area contributed by atoms with E-state index in [1.165, 1.54) is 23.3 Å². The fourth-order valence-electron chi connectivity index (χ4n) is 4.14. The van der Waals surface area contributed by atoms with Crippen LogP contribution in [0.4, 0.5) is 8.78 Å². The van der Waals surface area contributed by atoms with Crippen LogP contribution in [0.15, 0.2) is 83.1 Å². The standard InChI is InChI=1S/C24H31N3O2.C7H6F2/c1-3-8-22-21-16-20(11-6-12-23(21)29-27-22)24(28)26-14-7-13-25-17-19-10-5-9-18(4-2)15-19;1-5-2-6(8)4-7(9)3-5/h5-6,9-12,15-16,23,25H,3-4,7-8,13-14,17H2,1-2H3,(H,26,28);2-4H,1H3. The molecule has 0 fully saturated rings. The molecule has 202 valence electrons. The molecule has 2 aromatic rings. The van der Waals surface area contributed by atoms with Gasteiger partial charge in [0.2, 0.25) is 0 Å². The van der Waals surface area contributed by atoms with Crippen LogP contribution >= 0.6 is 0 Å². The number of amides is 1. The van der Waals surface area contributed by atoms with Crippen molar-refractivity contribution in [3.8, 4) is 0 Å². The minimum absolute atomic E-state index is 0.0544. The molecule has 1 aliphatic heterocycles. The first-order chi connectivity index (χ1) is 18.4. The largest absolute Gasteiger partial charge is 0.383 e. The summed E-state index contributed by atoms with van der Waals surface area (Å²) in [4.78, 5) is 18.0. The predicted molar refractivity (Wildman–Crippen MR) is 149 cm³/mol. The Bertz CT molecular complexity index is 1170. The van der Waals surface area contributed by atoms with Crippen molar-refractivity contribution in [2.24, 2.45) is 5.16 Å². The zero-order valence-corrected chi connectivity index (χ0v) is 22.4. The van der Waals surface area contributed by atoms with Crippen LogP contribution in [0.2, 0.25) is 0 Å². The number of nitrogens with one attached hydrogen (secondary N) is 2. The summed E-state index contributed by atoms with van der Waals surface area (Å²) < 4.78 is 24.4. The highest BCUT2D eigenvalue weighted by atomic mass is 19.1. The number of halogens is 2. The molecular formula is C31H37F2N3O2. The third kappa shape index (κ3) is 9.06. The summed E-state index contributed by atoms with van der Waals surface area (Å²) in [6.07, 6.45) is 11.2. The fraction of sp³-hybridized carbons (Fsp3) is 0.355. The maximum Gasteiger partial charge on any atom is 0.251 e. The van der Waals surface area contributed by atoms with Crippen molar-refractivity contribution >= 4 is 11.6 Å². The van der Waals surface area contributed by atoms with Gasteiger partial charge >= 0.3 is 0 Å². The first-order valence-corrected chi connectivity index (χ1v) is 13.2. The van der Waals surface area contributed by atoms with Crippen LogP contribution in [0.5, 0.6) is 0 Å². The van der Waals surface area contributed by atoms with Gasteiger partial charge < -0.3 is 15.5 Å². The molecule has 1 unspecified atom stereocenters. The van der Waals surface area contributed by atoms with E-state index in [4.69, 9.17) is 4.84 Å². The Hall–Kier alpha value is -3.58. The number of hydrogen-bond donors (Lipinski definition) is 2. The third-order valence-electron chi connectivity index (χ3n) is 6.09. The summed E-state index contributed by atoms with van der Waals surface area (Å²) in [7, 11) is 0. The van der Waals surface area contributed by atoms with Crippen molar-refractivity contribution < 1.29 is 18.4 Å². The van der Waals surface area contributed by atoms with E-state index in [-0.39, 0.29) is 12.0 Å². The predicted octanol–water partition coefficient (Wildman–Crippen LogP) is 6.10. The van der Waals surface area contributed by atoms with Crippen LogP contribution in [0.3, 0.4) is 0 Å². The molecule has 0 radical (unpaired) electrons. The first-order valence-electron chi connectivity index (χ1n) is 13.2. The van der Waals surface area contributed by atoms with Gasteiger partial charge in [-0.2, -0.15) is 0 Å². The lowest BCUT2D eigenvalue weighted by atomic mass is 10.00. The molecule has 0 saturated heterocycles. The number of hydrogen-bond acceptors (Lipinski definition) is 4. The molecule has 4 rings (SSSR count). The first kappa shape index (κ1) is 29.0. The van der Waals surface area contributed by atoms with E-state index in [1.807, 2.05) is 24.3 Å². The summed E-state index contributed by atoms with van der Waals surface area (Å²) in [5.74, 6) is -1.10. The Morgan fingerprint density at radius 2 is 1.82 bits per heavy atom. The second-order valence-electron chi connectivity index (χ2n) is 9.33. The molecule has 1 amide bonds. The van der Waals surface area contributed by atoms with Gasteiger partial charge in [0.15, 0.2) is 6.10 Å². The molecule has 1 heterocycles. The van der Waals surface area contributed by atoms with E-state index in [0.29, 0.717) is 17.7 Å². The number of carbonyl (C=O) groups excluding carboxylic acids is 1. The van der Waals surface area contributed by atoms with Gasteiger partial charge in [-0.3, -0.25) is 4.79 Å². The molecule has 0 aromatic heterocycles. The smallest absolute Gasteiger partial charge is 0.251 e. The quantitative estimate of drug-likeness (QED) is 0.372. The average Bonchev–Trinajstić information content (AvgIpc) is 3.12. The second-order valence-corrected chi connectivity index (χ2v) is 9.33. The molecule has 0 spiro atoms. The average molecular weight is 522 g/mol. The van der Waals surface area contributed by atoms with Gasteiger partial charge in [0.05, 0.1) is 5.71 Å². The highest BCUT2D eigenvalue weighted by molar-refractivity contribution is 6.06. The number of rotatable bonds is 10. The monoisotopic (exact) mass is 521 g/mol. The van der Waals surface area contributed by atoms with E-state index < -0.39 is 11.6 Å². The van der Waals surface area contributed by atoms with E-state index >= 15 is 0 Å². The lowest BCUT2D eigenvalue weighted by molar-refractivity contribution is -0.117. The van der Waals surface area contributed by atoms with Crippen LogP contribution in [0.25, 0.3) is 0 Å². The van der Waals surface area contributed by atoms with Crippen LogP contribution in [-0.4, -0.2) is 30.8 Å². The fourth-order valence-corrected chi connectivity index (χ4v) is 4.14. The van der Waals surface area contributed by atoms with Crippen molar-refractivity contribution in [3.63, 3.8) is 0 Å². The SMILES string of the molecule is CCCC1=NOC2C=CC=C(C(=O)NCCCNCc3cccc(CC)c3)C=C12.Cc1cc(F)cc(F)c1. The minimum Gasteiger partial charge on any atom is -0.383 e. The zero-order chi connectivity index (χ0) is 27.3. The van der Waals surface area contributed by atoms with Crippen LogP contribution in [0, 0.1) is 18.6 Å². The molecule has 5 nitrogen and oxygen atoms in total. The molecule has 2 aliphatic rings. The number of aryl methyl sites for hydroxylation is 2. The third-order valence-corrected chi connectivity index (χ3v) is 6.09. The van der Waals surface area contributed by atoms with Gasteiger partial charge in [-0.15, -0.1) is 0 Å². The maximum absolute atomic E-state index is 12.6. The summed E-state index contributed by atoms with van der Waals surface area (Å²) >= 11 is 0. The van der Waals surface area contributed by atoms with E-state index in [0.717, 1.165) is 56.1 Å². The van der Waals surface area contributed by atoms with Crippen molar-refractivity contribution in [1.29, 1.82) is 0 Å². The Kier molecular flexibility index (Phi) is 11.4. The van der Waals surface area contributed by atoms with Crippen molar-refractivity contribution in [2.45, 2.75) is 59.1 Å². The van der Waals surface area contributed by atoms with Crippen LogP contribution in [0.1, 0.15) is 49.8 Å². The molecule has 0 saturated carbocycles. The summed E-state index contributed by atoms with van der Waals surface area (Å²) in [6.45, 7) is 8.28. The van der Waals surface area contributed by atoms with Gasteiger partial charge in [0.1, 0.15) is 11.6 Å². The number of allylic oxidation sites excluding steroid dienone is 2. The summed E-state index contributed by atoms with van der Waals surface area (Å²) in [5, 5.41) is 10.6. The molecular weight excluding hydrogens is 484 g/mol. The molecule has 38 heavy (non-hydrogen) atoms. The van der Waals surface area contributed by atoms with Crippen molar-refractivity contribution in [1.82, 2.24) is 10.6 Å². The molecule has 2 aromatic carbocycles. The van der Waals surface area contributed by atoms with Crippen molar-refractivity contribution in [3.05, 3.63) is 106 Å². The lowest BCUT2D eigenvalue weighted by Crippen LogP contribution is -2.28. The van der Waals surface area contributed by atoms with Crippen molar-refractivity contribution in [2.75, 3.05) is 13.1 Å². The van der Waals surface area contributed by atoms with Gasteiger partial charge in [-0.25, -0.2) is 8.78 Å². The van der Waals surface area contributed by atoms with Crippen LogP contribution in [-0.2, 0) is 22.6 Å². The molecule has 1 atom stereocenters. The number of benzene rings is 2. The number of nitrogens with zero attached hydrogens (tertiary/aromatic N) is 1. The number of carbonyl (C=O) groups is 1. The van der Waals surface area contributed by atoms with E-state index in [9.17, 15) is 13.6 Å². The minimum atomic E-state index is -0.521. The Balaban J connectivity index is 0.000000375. The second kappa shape index (κ2) is 15.0. The van der Waals surface area contributed by atoms with Crippen LogP contribution < -0.4 is 10.6 Å².